The zero-order valence-corrected chi connectivity index (χ0v) is 23.9. The van der Waals surface area contributed by atoms with Crippen molar-refractivity contribution in [2.75, 3.05) is 0 Å². The molecule has 0 saturated carbocycles. The van der Waals surface area contributed by atoms with E-state index >= 15 is 0 Å². The largest absolute Gasteiger partial charge is 0.135 e. The second-order valence-corrected chi connectivity index (χ2v) is 14.8. The van der Waals surface area contributed by atoms with Crippen LogP contribution in [-0.4, -0.2) is 0 Å². The summed E-state index contributed by atoms with van der Waals surface area (Å²) in [6.45, 7) is 0. The second kappa shape index (κ2) is 10.9. The Kier molecular flexibility index (Phi) is 6.82. The fourth-order valence-electron chi connectivity index (χ4n) is 5.34. The first-order valence-electron chi connectivity index (χ1n) is 13.1. The van der Waals surface area contributed by atoms with Crippen molar-refractivity contribution in [1.82, 2.24) is 0 Å². The molecule has 0 aliphatic rings. The molecule has 3 heteroatoms. The van der Waals surface area contributed by atoms with Crippen molar-refractivity contribution in [1.29, 1.82) is 0 Å². The van der Waals surface area contributed by atoms with Gasteiger partial charge in [0.15, 0.2) is 0 Å². The van der Waals surface area contributed by atoms with E-state index in [1.54, 1.807) is 0 Å². The molecule has 0 nitrogen and oxygen atoms in total. The third-order valence-electron chi connectivity index (χ3n) is 7.02. The fraction of sp³-hybridized carbons (Fsp3) is 0. The molecule has 0 atom stereocenters. The molecule has 0 fully saturated rings. The molecule has 7 aromatic rings. The molecule has 0 bridgehead atoms. The Bertz CT molecular complexity index is 1770. The Balaban J connectivity index is 1.63. The molecule has 6 aromatic carbocycles. The third-order valence-corrected chi connectivity index (χ3v) is 13.4. The van der Waals surface area contributed by atoms with Crippen LogP contribution in [0.2, 0.25) is 0 Å². The standard InChI is InChI=1S/C36H26P2S/c1-5-15-27(16-6-1)37(28-17-7-2-8-18-28)32-25-26-34-35(31-23-13-14-24-33(31)39-34)36(32)38(29-19-9-3-10-20-29)30-21-11-4-12-22-30/h1-26H. The van der Waals surface area contributed by atoms with Crippen LogP contribution in [-0.2, 0) is 0 Å². The van der Waals surface area contributed by atoms with Gasteiger partial charge in [0.1, 0.15) is 0 Å². The van der Waals surface area contributed by atoms with Gasteiger partial charge in [0, 0.05) is 25.5 Å². The topological polar surface area (TPSA) is 0 Å². The van der Waals surface area contributed by atoms with Gasteiger partial charge in [-0.15, -0.1) is 11.3 Å². The van der Waals surface area contributed by atoms with Crippen molar-refractivity contribution in [3.05, 3.63) is 158 Å². The Morgan fingerprint density at radius 3 is 1.31 bits per heavy atom. The van der Waals surface area contributed by atoms with Crippen molar-refractivity contribution in [2.24, 2.45) is 0 Å². The average molecular weight is 553 g/mol. The zero-order chi connectivity index (χ0) is 26.0. The van der Waals surface area contributed by atoms with E-state index in [-0.39, 0.29) is 0 Å². The van der Waals surface area contributed by atoms with E-state index in [9.17, 15) is 0 Å². The van der Waals surface area contributed by atoms with Gasteiger partial charge in [-0.05, 0) is 54.5 Å². The lowest BCUT2D eigenvalue weighted by molar-refractivity contribution is 1.75. The van der Waals surface area contributed by atoms with Crippen LogP contribution in [0, 0.1) is 0 Å². The summed E-state index contributed by atoms with van der Waals surface area (Å²) in [6.07, 6.45) is 0. The highest BCUT2D eigenvalue weighted by atomic mass is 32.1. The molecule has 1 heterocycles. The summed E-state index contributed by atoms with van der Waals surface area (Å²) < 4.78 is 2.72. The molecule has 0 saturated heterocycles. The Hall–Kier alpha value is -3.60. The third kappa shape index (κ3) is 4.62. The van der Waals surface area contributed by atoms with Gasteiger partial charge in [0.05, 0.1) is 0 Å². The molecular weight excluding hydrogens is 526 g/mol. The van der Waals surface area contributed by atoms with Gasteiger partial charge in [-0.1, -0.05) is 146 Å². The minimum Gasteiger partial charge on any atom is -0.135 e. The highest BCUT2D eigenvalue weighted by Crippen LogP contribution is 2.44. The number of hydrogen-bond acceptors (Lipinski definition) is 1. The van der Waals surface area contributed by atoms with Crippen molar-refractivity contribution in [3.8, 4) is 0 Å². The van der Waals surface area contributed by atoms with E-state index in [0.29, 0.717) is 0 Å². The summed E-state index contributed by atoms with van der Waals surface area (Å²) in [5.41, 5.74) is 0. The van der Waals surface area contributed by atoms with Crippen LogP contribution >= 0.6 is 27.2 Å². The van der Waals surface area contributed by atoms with Gasteiger partial charge in [-0.25, -0.2) is 0 Å². The minimum absolute atomic E-state index is 0.769. The van der Waals surface area contributed by atoms with Crippen molar-refractivity contribution in [3.63, 3.8) is 0 Å². The first-order chi connectivity index (χ1) is 19.4. The molecule has 0 amide bonds. The Morgan fingerprint density at radius 1 is 0.359 bits per heavy atom. The molecule has 1 aromatic heterocycles. The van der Waals surface area contributed by atoms with E-state index in [1.807, 2.05) is 11.3 Å². The fourth-order valence-corrected chi connectivity index (χ4v) is 12.0. The molecule has 0 spiro atoms. The summed E-state index contributed by atoms with van der Waals surface area (Å²) in [6, 6.07) is 58.3. The Morgan fingerprint density at radius 2 is 0.795 bits per heavy atom. The lowest BCUT2D eigenvalue weighted by Crippen LogP contribution is -2.35. The lowest BCUT2D eigenvalue weighted by Gasteiger charge is -2.28. The zero-order valence-electron chi connectivity index (χ0n) is 21.3. The maximum absolute atomic E-state index is 2.44. The summed E-state index contributed by atoms with van der Waals surface area (Å²) >= 11 is 1.91. The van der Waals surface area contributed by atoms with Gasteiger partial charge in [-0.3, -0.25) is 0 Å². The van der Waals surface area contributed by atoms with Gasteiger partial charge in [0.25, 0.3) is 0 Å². The SMILES string of the molecule is c1ccc(P(c2ccccc2)c2ccc3sc4ccccc4c3c2P(c2ccccc2)c2ccccc2)cc1. The van der Waals surface area contributed by atoms with E-state index in [2.05, 4.69) is 158 Å². The van der Waals surface area contributed by atoms with Crippen LogP contribution in [0.5, 0.6) is 0 Å². The molecular formula is C36H26P2S. The minimum atomic E-state index is -0.804. The quantitative estimate of drug-likeness (QED) is 0.187. The summed E-state index contributed by atoms with van der Waals surface area (Å²) in [5.74, 6) is 0. The smallest absolute Gasteiger partial charge is 0.0362 e. The number of benzene rings is 6. The van der Waals surface area contributed by atoms with Crippen LogP contribution in [0.1, 0.15) is 0 Å². The first kappa shape index (κ1) is 24.4. The van der Waals surface area contributed by atoms with Crippen molar-refractivity contribution in [2.45, 2.75) is 0 Å². The highest BCUT2D eigenvalue weighted by molar-refractivity contribution is 7.85. The number of rotatable bonds is 6. The monoisotopic (exact) mass is 552 g/mol. The van der Waals surface area contributed by atoms with Crippen LogP contribution in [0.4, 0.5) is 0 Å². The van der Waals surface area contributed by atoms with E-state index < -0.39 is 15.8 Å². The van der Waals surface area contributed by atoms with Crippen molar-refractivity contribution < 1.29 is 0 Å². The van der Waals surface area contributed by atoms with Crippen LogP contribution in [0.15, 0.2) is 158 Å². The molecule has 0 aliphatic heterocycles. The van der Waals surface area contributed by atoms with Crippen LogP contribution in [0.3, 0.4) is 0 Å². The maximum Gasteiger partial charge on any atom is 0.0362 e. The van der Waals surface area contributed by atoms with E-state index in [0.717, 1.165) is 0 Å². The molecule has 39 heavy (non-hydrogen) atoms. The molecule has 0 radical (unpaired) electrons. The molecule has 0 N–H and O–H groups in total. The molecule has 7 rings (SSSR count). The predicted molar refractivity (Wildman–Crippen MR) is 177 cm³/mol. The summed E-state index contributed by atoms with van der Waals surface area (Å²) in [7, 11) is -1.57. The molecule has 186 valence electrons. The number of thiophene rings is 1. The average Bonchev–Trinajstić information content (AvgIpc) is 3.39. The van der Waals surface area contributed by atoms with Crippen LogP contribution in [0.25, 0.3) is 20.2 Å². The lowest BCUT2D eigenvalue weighted by atomic mass is 10.1. The van der Waals surface area contributed by atoms with Gasteiger partial charge in [0.2, 0.25) is 0 Å². The van der Waals surface area contributed by atoms with E-state index in [4.69, 9.17) is 0 Å². The normalized spacial score (nSPS) is 11.5. The summed E-state index contributed by atoms with van der Waals surface area (Å²) in [5, 5.41) is 11.3. The second-order valence-electron chi connectivity index (χ2n) is 9.42. The van der Waals surface area contributed by atoms with Gasteiger partial charge >= 0.3 is 0 Å². The van der Waals surface area contributed by atoms with Crippen LogP contribution < -0.4 is 31.8 Å². The Labute approximate surface area is 236 Å². The number of hydrogen-bond donors (Lipinski definition) is 0. The van der Waals surface area contributed by atoms with E-state index in [1.165, 1.54) is 52.0 Å². The maximum atomic E-state index is 2.44. The molecule has 0 unspecified atom stereocenters. The number of fused-ring (bicyclic) bond motifs is 3. The highest BCUT2D eigenvalue weighted by Gasteiger charge is 2.29. The first-order valence-corrected chi connectivity index (χ1v) is 16.6. The molecule has 0 aliphatic carbocycles. The van der Waals surface area contributed by atoms with Gasteiger partial charge < -0.3 is 0 Å². The van der Waals surface area contributed by atoms with Crippen molar-refractivity contribution >= 4 is 79.2 Å². The van der Waals surface area contributed by atoms with Gasteiger partial charge in [-0.2, -0.15) is 0 Å². The predicted octanol–water partition coefficient (Wildman–Crippen LogP) is 7.57. The summed E-state index contributed by atoms with van der Waals surface area (Å²) in [4.78, 5) is 0.